The number of aliphatic carboxylic acids is 1. The molecule has 3 aromatic heterocycles. The highest BCUT2D eigenvalue weighted by Gasteiger charge is 2.47. The van der Waals surface area contributed by atoms with Crippen LogP contribution in [-0.4, -0.2) is 43.3 Å². The molecule has 0 spiro atoms. The molecule has 10 heteroatoms. The van der Waals surface area contributed by atoms with Crippen molar-refractivity contribution < 1.29 is 23.1 Å². The monoisotopic (exact) mass is 483 g/mol. The number of carboxylic acid groups (broad SMARTS) is 1. The number of rotatable bonds is 6. The van der Waals surface area contributed by atoms with Gasteiger partial charge in [-0.3, -0.25) is 4.79 Å². The molecule has 7 rings (SSSR count). The maximum absolute atomic E-state index is 14.3. The Hall–Kier alpha value is -3.56. The fraction of sp³-hybridized carbons (Fsp3) is 0.400. The van der Waals surface area contributed by atoms with Crippen LogP contribution in [0.1, 0.15) is 25.7 Å². The van der Waals surface area contributed by atoms with E-state index in [4.69, 9.17) is 4.98 Å². The molecule has 0 radical (unpaired) electrons. The van der Waals surface area contributed by atoms with Crippen LogP contribution in [0.3, 0.4) is 0 Å². The van der Waals surface area contributed by atoms with Gasteiger partial charge in [0.05, 0.1) is 23.4 Å². The molecule has 3 fully saturated rings. The van der Waals surface area contributed by atoms with Crippen molar-refractivity contribution in [3.63, 3.8) is 0 Å². The Morgan fingerprint density at radius 2 is 1.91 bits per heavy atom. The van der Waals surface area contributed by atoms with E-state index in [0.717, 1.165) is 31.7 Å². The second-order valence-electron chi connectivity index (χ2n) is 9.55. The number of aromatic nitrogens is 4. The third-order valence-corrected chi connectivity index (χ3v) is 7.70. The van der Waals surface area contributed by atoms with E-state index in [-0.39, 0.29) is 41.1 Å². The van der Waals surface area contributed by atoms with Gasteiger partial charge in [0, 0.05) is 35.5 Å². The first-order chi connectivity index (χ1) is 16.9. The normalized spacial score (nSPS) is 23.9. The summed E-state index contributed by atoms with van der Waals surface area (Å²) in [7, 11) is 0. The molecule has 4 aromatic rings. The van der Waals surface area contributed by atoms with Gasteiger partial charge in [-0.2, -0.15) is 0 Å². The molecule has 3 aliphatic rings. The minimum atomic E-state index is -0.819. The van der Waals surface area contributed by atoms with Crippen molar-refractivity contribution in [3.05, 3.63) is 42.2 Å². The van der Waals surface area contributed by atoms with Crippen LogP contribution in [0.15, 0.2) is 30.6 Å². The van der Waals surface area contributed by atoms with Crippen LogP contribution in [-0.2, 0) is 11.3 Å². The molecule has 1 aromatic carbocycles. The predicted molar refractivity (Wildman–Crippen MR) is 125 cm³/mol. The summed E-state index contributed by atoms with van der Waals surface area (Å²) in [6.07, 6.45) is 6.95. The van der Waals surface area contributed by atoms with E-state index in [1.54, 1.807) is 16.8 Å². The van der Waals surface area contributed by atoms with Gasteiger partial charge in [-0.15, -0.1) is 0 Å². The number of fused-ring (bicyclic) bond motifs is 5. The molecule has 2 bridgehead atoms. The molecular weight excluding hydrogens is 459 g/mol. The number of carboxylic acids is 1. The summed E-state index contributed by atoms with van der Waals surface area (Å²) >= 11 is 0. The molecule has 0 amide bonds. The molecule has 0 saturated heterocycles. The number of aryl methyl sites for hydroxylation is 1. The molecule has 0 unspecified atom stereocenters. The largest absolute Gasteiger partial charge is 0.481 e. The highest BCUT2D eigenvalue weighted by atomic mass is 19.1. The number of anilines is 1. The van der Waals surface area contributed by atoms with Gasteiger partial charge in [-0.25, -0.2) is 23.1 Å². The standard InChI is InChI=1S/C25H24F3N5O2/c26-6-8-33-7-5-15-22(30-20-13-3-1-12(2-4-13)19(20)25(34)35)31-23(32-24(15)33)17-11-29-21-16(17)9-14(27)10-18(21)28/h5,7,9-13,19-20,29H,1-4,6,8H2,(H,34,35)(H,30,31,32)/t12?,13?,19-,20-/m1/s1. The minimum absolute atomic E-state index is 0.0857. The number of H-pyrrole nitrogens is 1. The molecule has 0 aliphatic heterocycles. The lowest BCUT2D eigenvalue weighted by Crippen LogP contribution is -2.51. The average molecular weight is 483 g/mol. The van der Waals surface area contributed by atoms with Gasteiger partial charge in [0.2, 0.25) is 0 Å². The topological polar surface area (TPSA) is 95.8 Å². The summed E-state index contributed by atoms with van der Waals surface area (Å²) in [5, 5.41) is 14.3. The van der Waals surface area contributed by atoms with Crippen molar-refractivity contribution in [3.8, 4) is 11.4 Å². The number of benzene rings is 1. The van der Waals surface area contributed by atoms with Gasteiger partial charge in [0.1, 0.15) is 29.8 Å². The Kier molecular flexibility index (Phi) is 5.19. The minimum Gasteiger partial charge on any atom is -0.481 e. The fourth-order valence-corrected chi connectivity index (χ4v) is 6.08. The van der Waals surface area contributed by atoms with Crippen molar-refractivity contribution in [1.82, 2.24) is 19.5 Å². The highest BCUT2D eigenvalue weighted by Crippen LogP contribution is 2.46. The maximum atomic E-state index is 14.3. The Labute approximate surface area is 198 Å². The molecule has 3 heterocycles. The van der Waals surface area contributed by atoms with Gasteiger partial charge < -0.3 is 20.0 Å². The van der Waals surface area contributed by atoms with Crippen molar-refractivity contribution in [2.24, 2.45) is 17.8 Å². The van der Waals surface area contributed by atoms with Crippen LogP contribution >= 0.6 is 0 Å². The van der Waals surface area contributed by atoms with E-state index in [9.17, 15) is 23.1 Å². The van der Waals surface area contributed by atoms with Crippen molar-refractivity contribution >= 4 is 33.7 Å². The van der Waals surface area contributed by atoms with Crippen molar-refractivity contribution in [2.45, 2.75) is 38.3 Å². The lowest BCUT2D eigenvalue weighted by Gasteiger charge is -2.47. The van der Waals surface area contributed by atoms with Gasteiger partial charge in [-0.05, 0) is 49.7 Å². The molecule has 35 heavy (non-hydrogen) atoms. The number of hydrogen-bond donors (Lipinski definition) is 3. The Morgan fingerprint density at radius 3 is 2.66 bits per heavy atom. The second-order valence-corrected chi connectivity index (χ2v) is 9.55. The lowest BCUT2D eigenvalue weighted by molar-refractivity contribution is -0.148. The predicted octanol–water partition coefficient (Wildman–Crippen LogP) is 5.13. The zero-order valence-electron chi connectivity index (χ0n) is 18.8. The smallest absolute Gasteiger partial charge is 0.308 e. The van der Waals surface area contributed by atoms with Crippen LogP contribution in [0.25, 0.3) is 33.3 Å². The Bertz CT molecular complexity index is 1440. The number of nitrogens with zero attached hydrogens (tertiary/aromatic N) is 3. The first kappa shape index (κ1) is 21.9. The number of hydrogen-bond acceptors (Lipinski definition) is 4. The number of nitrogens with one attached hydrogen (secondary N) is 2. The van der Waals surface area contributed by atoms with E-state index in [0.29, 0.717) is 22.4 Å². The SMILES string of the molecule is O=C(O)[C@@H]1C2CCC(CC2)[C@H]1Nc1nc(-c2c[nH]c3c(F)cc(F)cc23)nc2c1ccn2CCF. The van der Waals surface area contributed by atoms with Crippen LogP contribution < -0.4 is 5.32 Å². The molecule has 3 saturated carbocycles. The first-order valence-electron chi connectivity index (χ1n) is 11.8. The third kappa shape index (κ3) is 3.54. The van der Waals surface area contributed by atoms with E-state index < -0.39 is 30.2 Å². The summed E-state index contributed by atoms with van der Waals surface area (Å²) < 4.78 is 43.2. The van der Waals surface area contributed by atoms with Gasteiger partial charge in [0.25, 0.3) is 0 Å². The summed E-state index contributed by atoms with van der Waals surface area (Å²) in [6, 6.07) is 3.50. The fourth-order valence-electron chi connectivity index (χ4n) is 6.08. The van der Waals surface area contributed by atoms with Crippen molar-refractivity contribution in [2.75, 3.05) is 12.0 Å². The lowest BCUT2D eigenvalue weighted by atomic mass is 9.61. The summed E-state index contributed by atoms with van der Waals surface area (Å²) in [4.78, 5) is 24.3. The van der Waals surface area contributed by atoms with Gasteiger partial charge in [-0.1, -0.05) is 0 Å². The average Bonchev–Trinajstić information content (AvgIpc) is 3.44. The number of halogens is 3. The van der Waals surface area contributed by atoms with E-state index >= 15 is 0 Å². The third-order valence-electron chi connectivity index (χ3n) is 7.70. The van der Waals surface area contributed by atoms with Crippen LogP contribution in [0.5, 0.6) is 0 Å². The quantitative estimate of drug-likeness (QED) is 0.353. The summed E-state index contributed by atoms with van der Waals surface area (Å²) in [6.45, 7) is -0.509. The van der Waals surface area contributed by atoms with E-state index in [1.165, 1.54) is 12.3 Å². The number of aromatic amines is 1. The summed E-state index contributed by atoms with van der Waals surface area (Å²) in [5.41, 5.74) is 1.000. The first-order valence-corrected chi connectivity index (χ1v) is 11.8. The zero-order chi connectivity index (χ0) is 24.3. The Morgan fingerprint density at radius 1 is 1.14 bits per heavy atom. The molecule has 7 nitrogen and oxygen atoms in total. The Balaban J connectivity index is 1.51. The van der Waals surface area contributed by atoms with Gasteiger partial charge >= 0.3 is 5.97 Å². The zero-order valence-corrected chi connectivity index (χ0v) is 18.8. The van der Waals surface area contributed by atoms with Crippen LogP contribution in [0.4, 0.5) is 19.0 Å². The second kappa shape index (κ2) is 8.28. The van der Waals surface area contributed by atoms with Gasteiger partial charge in [0.15, 0.2) is 5.82 Å². The maximum Gasteiger partial charge on any atom is 0.308 e. The summed E-state index contributed by atoms with van der Waals surface area (Å²) in [5.74, 6) is -1.82. The number of alkyl halides is 1. The number of carbonyl (C=O) groups is 1. The van der Waals surface area contributed by atoms with E-state index in [1.807, 2.05) is 0 Å². The molecular formula is C25H24F3N5O2. The molecule has 3 aliphatic carbocycles. The van der Waals surface area contributed by atoms with Crippen LogP contribution in [0.2, 0.25) is 0 Å². The van der Waals surface area contributed by atoms with Crippen LogP contribution in [0, 0.1) is 29.4 Å². The van der Waals surface area contributed by atoms with E-state index in [2.05, 4.69) is 15.3 Å². The highest BCUT2D eigenvalue weighted by molar-refractivity contribution is 5.96. The van der Waals surface area contributed by atoms with Crippen molar-refractivity contribution in [1.29, 1.82) is 0 Å². The molecule has 3 N–H and O–H groups in total. The molecule has 2 atom stereocenters. The molecule has 182 valence electrons.